The second kappa shape index (κ2) is 4.87. The van der Waals surface area contributed by atoms with Crippen LogP contribution in [0.25, 0.3) is 0 Å². The maximum absolute atomic E-state index is 11.7. The maximum atomic E-state index is 11.7. The Labute approximate surface area is 100 Å². The quantitative estimate of drug-likeness (QED) is 0.812. The molecule has 0 aromatic carbocycles. The molecule has 5 nitrogen and oxygen atoms in total. The Bertz CT molecular complexity index is 509. The topological polar surface area (TPSA) is 56.0 Å². The fourth-order valence-corrected chi connectivity index (χ4v) is 2.33. The van der Waals surface area contributed by atoms with Gasteiger partial charge >= 0.3 is 5.69 Å². The van der Waals surface area contributed by atoms with Crippen LogP contribution in [0.4, 0.5) is 0 Å². The standard InChI is InChI=1S/C12H19N3O2/c1-14-10(7-11(16)15(2)12(14)17)8-13-9-5-3-4-6-9/h7,9,13H,3-6,8H2,1-2H3. The van der Waals surface area contributed by atoms with Gasteiger partial charge in [-0.15, -0.1) is 0 Å². The Morgan fingerprint density at radius 2 is 1.88 bits per heavy atom. The van der Waals surface area contributed by atoms with E-state index >= 15 is 0 Å². The molecule has 0 radical (unpaired) electrons. The van der Waals surface area contributed by atoms with Crippen molar-refractivity contribution >= 4 is 0 Å². The molecule has 1 heterocycles. The zero-order valence-corrected chi connectivity index (χ0v) is 10.4. The molecule has 1 aliphatic rings. The SMILES string of the molecule is Cn1c(CNC2CCCC2)cc(=O)n(C)c1=O. The summed E-state index contributed by atoms with van der Waals surface area (Å²) in [5.41, 5.74) is 0.252. The van der Waals surface area contributed by atoms with Crippen molar-refractivity contribution in [3.05, 3.63) is 32.6 Å². The summed E-state index contributed by atoms with van der Waals surface area (Å²) in [6, 6.07) is 2.07. The lowest BCUT2D eigenvalue weighted by atomic mass is 10.2. The Kier molecular flexibility index (Phi) is 3.47. The predicted octanol–water partition coefficient (Wildman–Crippen LogP) is 0.116. The van der Waals surface area contributed by atoms with Crippen LogP contribution in [0.5, 0.6) is 0 Å². The lowest BCUT2D eigenvalue weighted by Crippen LogP contribution is -2.39. The summed E-state index contributed by atoms with van der Waals surface area (Å²) in [6.07, 6.45) is 4.93. The lowest BCUT2D eigenvalue weighted by molar-refractivity contribution is 0.503. The predicted molar refractivity (Wildman–Crippen MR) is 66.0 cm³/mol. The van der Waals surface area contributed by atoms with Gasteiger partial charge in [0.05, 0.1) is 0 Å². The third-order valence-corrected chi connectivity index (χ3v) is 3.55. The number of rotatable bonds is 3. The van der Waals surface area contributed by atoms with Crippen molar-refractivity contribution in [3.63, 3.8) is 0 Å². The largest absolute Gasteiger partial charge is 0.330 e. The van der Waals surface area contributed by atoms with Crippen molar-refractivity contribution in [1.29, 1.82) is 0 Å². The van der Waals surface area contributed by atoms with Crippen molar-refractivity contribution in [2.75, 3.05) is 0 Å². The van der Waals surface area contributed by atoms with Crippen molar-refractivity contribution in [1.82, 2.24) is 14.5 Å². The average molecular weight is 237 g/mol. The van der Waals surface area contributed by atoms with Crippen LogP contribution in [0.1, 0.15) is 31.4 Å². The Morgan fingerprint density at radius 1 is 1.24 bits per heavy atom. The molecule has 0 atom stereocenters. The Hall–Kier alpha value is -1.36. The first-order chi connectivity index (χ1) is 8.09. The summed E-state index contributed by atoms with van der Waals surface area (Å²) in [6.45, 7) is 0.590. The molecule has 5 heteroatoms. The average Bonchev–Trinajstić information content (AvgIpc) is 2.82. The molecule has 17 heavy (non-hydrogen) atoms. The molecule has 1 N–H and O–H groups in total. The molecule has 0 aliphatic heterocycles. The third-order valence-electron chi connectivity index (χ3n) is 3.55. The van der Waals surface area contributed by atoms with E-state index in [-0.39, 0.29) is 11.2 Å². The maximum Gasteiger partial charge on any atom is 0.330 e. The minimum Gasteiger partial charge on any atom is -0.308 e. The van der Waals surface area contributed by atoms with Gasteiger partial charge in [0.25, 0.3) is 5.56 Å². The van der Waals surface area contributed by atoms with Gasteiger partial charge in [0.15, 0.2) is 0 Å². The minimum absolute atomic E-state index is 0.240. The Balaban J connectivity index is 2.15. The van der Waals surface area contributed by atoms with E-state index in [1.165, 1.54) is 43.4 Å². The van der Waals surface area contributed by atoms with Crippen LogP contribution >= 0.6 is 0 Å². The van der Waals surface area contributed by atoms with Gasteiger partial charge in [-0.2, -0.15) is 0 Å². The smallest absolute Gasteiger partial charge is 0.308 e. The highest BCUT2D eigenvalue weighted by molar-refractivity contribution is 5.02. The van der Waals surface area contributed by atoms with Crippen LogP contribution in [0.2, 0.25) is 0 Å². The summed E-state index contributed by atoms with van der Waals surface area (Å²) in [5, 5.41) is 3.40. The molecule has 0 saturated heterocycles. The normalized spacial score (nSPS) is 16.6. The van der Waals surface area contributed by atoms with Crippen LogP contribution in [-0.4, -0.2) is 15.2 Å². The van der Waals surface area contributed by atoms with Gasteiger partial charge in [0.1, 0.15) is 0 Å². The molecule has 1 fully saturated rings. The number of hydrogen-bond donors (Lipinski definition) is 1. The highest BCUT2D eigenvalue weighted by Gasteiger charge is 2.14. The third kappa shape index (κ3) is 2.49. The zero-order chi connectivity index (χ0) is 12.4. The van der Waals surface area contributed by atoms with Crippen molar-refractivity contribution in [3.8, 4) is 0 Å². The number of hydrogen-bond acceptors (Lipinski definition) is 3. The fraction of sp³-hybridized carbons (Fsp3) is 0.667. The minimum atomic E-state index is -0.263. The van der Waals surface area contributed by atoms with Gasteiger partial charge in [-0.05, 0) is 12.8 Å². The molecular formula is C12H19N3O2. The summed E-state index contributed by atoms with van der Waals surface area (Å²) in [7, 11) is 3.20. The van der Waals surface area contributed by atoms with E-state index < -0.39 is 0 Å². The van der Waals surface area contributed by atoms with Gasteiger partial charge in [0.2, 0.25) is 0 Å². The highest BCUT2D eigenvalue weighted by Crippen LogP contribution is 2.17. The van der Waals surface area contributed by atoms with Crippen LogP contribution in [-0.2, 0) is 20.6 Å². The molecule has 1 aromatic heterocycles. The second-order valence-electron chi connectivity index (χ2n) is 4.74. The van der Waals surface area contributed by atoms with Gasteiger partial charge in [0, 0.05) is 38.4 Å². The first-order valence-electron chi connectivity index (χ1n) is 6.09. The van der Waals surface area contributed by atoms with Crippen LogP contribution in [0, 0.1) is 0 Å². The molecule has 1 aliphatic carbocycles. The van der Waals surface area contributed by atoms with Crippen LogP contribution < -0.4 is 16.6 Å². The van der Waals surface area contributed by atoms with Crippen LogP contribution in [0.3, 0.4) is 0 Å². The van der Waals surface area contributed by atoms with Gasteiger partial charge in [-0.3, -0.25) is 13.9 Å². The first-order valence-corrected chi connectivity index (χ1v) is 6.09. The van der Waals surface area contributed by atoms with E-state index in [1.807, 2.05) is 0 Å². The van der Waals surface area contributed by atoms with E-state index in [4.69, 9.17) is 0 Å². The molecular weight excluding hydrogens is 218 g/mol. The van der Waals surface area contributed by atoms with E-state index in [9.17, 15) is 9.59 Å². The number of nitrogens with one attached hydrogen (secondary N) is 1. The highest BCUT2D eigenvalue weighted by atomic mass is 16.2. The van der Waals surface area contributed by atoms with Gasteiger partial charge < -0.3 is 5.32 Å². The molecule has 2 rings (SSSR count). The fourth-order valence-electron chi connectivity index (χ4n) is 2.33. The van der Waals surface area contributed by atoms with Gasteiger partial charge in [-0.1, -0.05) is 12.8 Å². The van der Waals surface area contributed by atoms with E-state index in [2.05, 4.69) is 5.32 Å². The number of aromatic nitrogens is 2. The molecule has 0 unspecified atom stereocenters. The van der Waals surface area contributed by atoms with Crippen molar-refractivity contribution in [2.45, 2.75) is 38.3 Å². The molecule has 1 aromatic rings. The van der Waals surface area contributed by atoms with E-state index in [1.54, 1.807) is 7.05 Å². The molecule has 0 amide bonds. The molecule has 0 bridgehead atoms. The summed E-state index contributed by atoms with van der Waals surface area (Å²) in [5.74, 6) is 0. The molecule has 0 spiro atoms. The summed E-state index contributed by atoms with van der Waals surface area (Å²) < 4.78 is 2.66. The van der Waals surface area contributed by atoms with E-state index in [0.29, 0.717) is 12.6 Å². The molecule has 94 valence electrons. The summed E-state index contributed by atoms with van der Waals surface area (Å²) >= 11 is 0. The Morgan fingerprint density at radius 3 is 2.53 bits per heavy atom. The number of nitrogens with zero attached hydrogens (tertiary/aromatic N) is 2. The van der Waals surface area contributed by atoms with Crippen molar-refractivity contribution < 1.29 is 0 Å². The molecule has 1 saturated carbocycles. The van der Waals surface area contributed by atoms with E-state index in [0.717, 1.165) is 10.3 Å². The van der Waals surface area contributed by atoms with Crippen molar-refractivity contribution in [2.24, 2.45) is 14.1 Å². The van der Waals surface area contributed by atoms with Crippen LogP contribution in [0.15, 0.2) is 15.7 Å². The monoisotopic (exact) mass is 237 g/mol. The first kappa shape index (κ1) is 12.1. The summed E-state index contributed by atoms with van der Waals surface area (Å²) in [4.78, 5) is 23.2. The van der Waals surface area contributed by atoms with Gasteiger partial charge in [-0.25, -0.2) is 4.79 Å². The second-order valence-corrected chi connectivity index (χ2v) is 4.74. The lowest BCUT2D eigenvalue weighted by Gasteiger charge is -2.14. The zero-order valence-electron chi connectivity index (χ0n) is 10.4.